The molecule has 0 radical (unpaired) electrons. The number of carbonyl (C=O) groups is 2. The Morgan fingerprint density at radius 1 is 1.12 bits per heavy atom. The van der Waals surface area contributed by atoms with Crippen LogP contribution in [-0.4, -0.2) is 23.0 Å². The number of rotatable bonds is 5. The van der Waals surface area contributed by atoms with Crippen LogP contribution >= 0.6 is 23.2 Å². The highest BCUT2D eigenvalue weighted by atomic mass is 35.5. The highest BCUT2D eigenvalue weighted by Gasteiger charge is 2.11. The van der Waals surface area contributed by atoms with E-state index in [9.17, 15) is 9.59 Å². The number of carbonyl (C=O) groups excluding carboxylic acids is 2. The highest BCUT2D eigenvalue weighted by Crippen LogP contribution is 2.18. The van der Waals surface area contributed by atoms with E-state index in [4.69, 9.17) is 27.9 Å². The molecule has 1 aromatic carbocycles. The van der Waals surface area contributed by atoms with Crippen molar-refractivity contribution in [2.45, 2.75) is 26.5 Å². The maximum atomic E-state index is 12.1. The van der Waals surface area contributed by atoms with E-state index < -0.39 is 5.97 Å². The first-order valence-electron chi connectivity index (χ1n) is 7.51. The van der Waals surface area contributed by atoms with E-state index in [1.54, 1.807) is 36.4 Å². The minimum Gasteiger partial charge on any atom is -0.456 e. The van der Waals surface area contributed by atoms with E-state index in [2.05, 4.69) is 15.6 Å². The Labute approximate surface area is 155 Å². The monoisotopic (exact) mass is 381 g/mol. The molecule has 0 aliphatic rings. The molecule has 1 heterocycles. The molecule has 0 aliphatic heterocycles. The van der Waals surface area contributed by atoms with Crippen molar-refractivity contribution >= 4 is 40.9 Å². The van der Waals surface area contributed by atoms with Crippen LogP contribution in [0.15, 0.2) is 36.4 Å². The number of esters is 1. The summed E-state index contributed by atoms with van der Waals surface area (Å²) in [5, 5.41) is 6.01. The number of ether oxygens (including phenoxy) is 1. The summed E-state index contributed by atoms with van der Waals surface area (Å²) in [7, 11) is 0. The average molecular weight is 382 g/mol. The molecule has 0 saturated heterocycles. The molecule has 0 atom stereocenters. The number of amides is 2. The van der Waals surface area contributed by atoms with Gasteiger partial charge >= 0.3 is 12.0 Å². The van der Waals surface area contributed by atoms with Gasteiger partial charge in [0.25, 0.3) is 0 Å². The van der Waals surface area contributed by atoms with Gasteiger partial charge in [-0.3, -0.25) is 0 Å². The second-order valence-corrected chi connectivity index (χ2v) is 6.26. The molecule has 0 spiro atoms. The normalized spacial score (nSPS) is 10.4. The van der Waals surface area contributed by atoms with Crippen molar-refractivity contribution in [3.63, 3.8) is 0 Å². The van der Waals surface area contributed by atoms with Crippen LogP contribution in [0, 0.1) is 0 Å². The van der Waals surface area contributed by atoms with E-state index in [1.165, 1.54) is 0 Å². The summed E-state index contributed by atoms with van der Waals surface area (Å²) >= 11 is 11.8. The molecule has 25 heavy (non-hydrogen) atoms. The van der Waals surface area contributed by atoms with E-state index in [-0.39, 0.29) is 23.8 Å². The van der Waals surface area contributed by atoms with E-state index in [0.29, 0.717) is 22.0 Å². The lowest BCUT2D eigenvalue weighted by atomic mass is 10.2. The quantitative estimate of drug-likeness (QED) is 0.598. The predicted octanol–water partition coefficient (Wildman–Crippen LogP) is 4.28. The van der Waals surface area contributed by atoms with Crippen molar-refractivity contribution in [2.75, 3.05) is 5.32 Å². The summed E-state index contributed by atoms with van der Waals surface area (Å²) in [6.45, 7) is 3.63. The zero-order valence-corrected chi connectivity index (χ0v) is 15.2. The zero-order chi connectivity index (χ0) is 18.4. The van der Waals surface area contributed by atoms with Gasteiger partial charge in [0.1, 0.15) is 11.8 Å². The van der Waals surface area contributed by atoms with Gasteiger partial charge in [-0.1, -0.05) is 23.2 Å². The molecule has 0 fully saturated rings. The van der Waals surface area contributed by atoms with Gasteiger partial charge in [0.05, 0.1) is 16.3 Å². The van der Waals surface area contributed by atoms with E-state index in [0.717, 1.165) is 0 Å². The standard InChI is InChI=1S/C17H17Cl2N3O3/c1-10(2)20-17(24)21-12-5-3-11(4-6-12)16(23)25-9-14-13(18)7-8-15(19)22-14/h3-8,10H,9H2,1-2H3,(H2,20,21,24). The molecule has 2 aromatic rings. The Morgan fingerprint density at radius 3 is 2.44 bits per heavy atom. The smallest absolute Gasteiger partial charge is 0.338 e. The van der Waals surface area contributed by atoms with Gasteiger partial charge in [-0.15, -0.1) is 0 Å². The molecule has 0 unspecified atom stereocenters. The third-order valence-corrected chi connectivity index (χ3v) is 3.58. The van der Waals surface area contributed by atoms with Crippen molar-refractivity contribution in [3.8, 4) is 0 Å². The number of nitrogens with zero attached hydrogens (tertiary/aromatic N) is 1. The number of urea groups is 1. The Bertz CT molecular complexity index is 764. The fourth-order valence-electron chi connectivity index (χ4n) is 1.90. The average Bonchev–Trinajstić information content (AvgIpc) is 2.55. The number of anilines is 1. The molecular weight excluding hydrogens is 365 g/mol. The maximum Gasteiger partial charge on any atom is 0.338 e. The fraction of sp³-hybridized carbons (Fsp3) is 0.235. The number of hydrogen-bond acceptors (Lipinski definition) is 4. The van der Waals surface area contributed by atoms with Crippen LogP contribution in [0.5, 0.6) is 0 Å². The molecule has 1 aromatic heterocycles. The van der Waals surface area contributed by atoms with Crippen molar-refractivity contribution in [3.05, 3.63) is 57.8 Å². The molecule has 0 aliphatic carbocycles. The Hall–Kier alpha value is -2.31. The van der Waals surface area contributed by atoms with E-state index in [1.807, 2.05) is 13.8 Å². The summed E-state index contributed by atoms with van der Waals surface area (Å²) in [5.74, 6) is -0.531. The Morgan fingerprint density at radius 2 is 1.80 bits per heavy atom. The lowest BCUT2D eigenvalue weighted by Crippen LogP contribution is -2.34. The maximum absolute atomic E-state index is 12.1. The van der Waals surface area contributed by atoms with E-state index >= 15 is 0 Å². The van der Waals surface area contributed by atoms with Gasteiger partial charge in [0.2, 0.25) is 0 Å². The number of pyridine rings is 1. The lowest BCUT2D eigenvalue weighted by molar-refractivity contribution is 0.0468. The number of benzene rings is 1. The first-order valence-corrected chi connectivity index (χ1v) is 8.26. The van der Waals surface area contributed by atoms with Gasteiger partial charge in [-0.05, 0) is 50.2 Å². The predicted molar refractivity (Wildman–Crippen MR) is 97.1 cm³/mol. The van der Waals surface area contributed by atoms with Crippen LogP contribution < -0.4 is 10.6 Å². The number of halogens is 2. The second kappa shape index (κ2) is 8.69. The third kappa shape index (κ3) is 5.92. The second-order valence-electron chi connectivity index (χ2n) is 5.47. The van der Waals surface area contributed by atoms with Crippen LogP contribution in [0.3, 0.4) is 0 Å². The van der Waals surface area contributed by atoms with Crippen molar-refractivity contribution in [1.29, 1.82) is 0 Å². The molecule has 2 rings (SSSR count). The fourth-order valence-corrected chi connectivity index (χ4v) is 2.22. The zero-order valence-electron chi connectivity index (χ0n) is 13.7. The molecule has 8 heteroatoms. The topological polar surface area (TPSA) is 80.3 Å². The molecule has 132 valence electrons. The number of nitrogens with one attached hydrogen (secondary N) is 2. The highest BCUT2D eigenvalue weighted by molar-refractivity contribution is 6.32. The number of hydrogen-bond donors (Lipinski definition) is 2. The SMILES string of the molecule is CC(C)NC(=O)Nc1ccc(C(=O)OCc2nc(Cl)ccc2Cl)cc1. The molecule has 0 bridgehead atoms. The Kier molecular flexibility index (Phi) is 6.61. The number of aromatic nitrogens is 1. The van der Waals surface area contributed by atoms with Gasteiger partial charge < -0.3 is 15.4 Å². The molecule has 0 saturated carbocycles. The first-order chi connectivity index (χ1) is 11.8. The van der Waals surface area contributed by atoms with Crippen molar-refractivity contribution in [2.24, 2.45) is 0 Å². The van der Waals surface area contributed by atoms with Gasteiger partial charge in [0.15, 0.2) is 0 Å². The minimum atomic E-state index is -0.531. The molecular formula is C17H17Cl2N3O3. The molecule has 6 nitrogen and oxygen atoms in total. The molecule has 2 N–H and O–H groups in total. The third-order valence-electron chi connectivity index (χ3n) is 3.02. The van der Waals surface area contributed by atoms with Crippen LogP contribution in [0.2, 0.25) is 10.2 Å². The van der Waals surface area contributed by atoms with Gasteiger partial charge in [-0.25, -0.2) is 14.6 Å². The summed E-state index contributed by atoms with van der Waals surface area (Å²) in [5.41, 5.74) is 1.29. The van der Waals surface area contributed by atoms with Gasteiger partial charge in [-0.2, -0.15) is 0 Å². The summed E-state index contributed by atoms with van der Waals surface area (Å²) < 4.78 is 5.18. The summed E-state index contributed by atoms with van der Waals surface area (Å²) in [6.07, 6.45) is 0. The van der Waals surface area contributed by atoms with Crippen LogP contribution in [0.1, 0.15) is 29.9 Å². The summed E-state index contributed by atoms with van der Waals surface area (Å²) in [4.78, 5) is 27.7. The largest absolute Gasteiger partial charge is 0.456 e. The van der Waals surface area contributed by atoms with Crippen LogP contribution in [0.25, 0.3) is 0 Å². The van der Waals surface area contributed by atoms with Crippen LogP contribution in [-0.2, 0) is 11.3 Å². The van der Waals surface area contributed by atoms with Gasteiger partial charge in [0, 0.05) is 11.7 Å². The first kappa shape index (κ1) is 19.0. The van der Waals surface area contributed by atoms with Crippen LogP contribution in [0.4, 0.5) is 10.5 Å². The minimum absolute atomic E-state index is 0.0289. The molecule has 2 amide bonds. The lowest BCUT2D eigenvalue weighted by Gasteiger charge is -2.10. The van der Waals surface area contributed by atoms with Crippen molar-refractivity contribution in [1.82, 2.24) is 10.3 Å². The van der Waals surface area contributed by atoms with Crippen molar-refractivity contribution < 1.29 is 14.3 Å². The Balaban J connectivity index is 1.94. The summed E-state index contributed by atoms with van der Waals surface area (Å²) in [6, 6.07) is 9.19.